The molecule has 0 radical (unpaired) electrons. The van der Waals surface area contributed by atoms with Gasteiger partial charge in [-0.3, -0.25) is 4.79 Å². The molecule has 27 heavy (non-hydrogen) atoms. The number of rotatable bonds is 5. The fourth-order valence-corrected chi connectivity index (χ4v) is 3.20. The molecule has 0 saturated heterocycles. The van der Waals surface area contributed by atoms with E-state index in [0.717, 1.165) is 11.3 Å². The quantitative estimate of drug-likeness (QED) is 0.652. The van der Waals surface area contributed by atoms with Crippen LogP contribution in [0.15, 0.2) is 53.9 Å². The molecule has 0 saturated carbocycles. The topological polar surface area (TPSA) is 75.0 Å². The lowest BCUT2D eigenvalue weighted by Gasteiger charge is -2.07. The summed E-state index contributed by atoms with van der Waals surface area (Å²) in [5, 5.41) is 14.9. The summed E-state index contributed by atoms with van der Waals surface area (Å²) in [5.41, 5.74) is 3.38. The number of thiazole rings is 1. The fourth-order valence-electron chi connectivity index (χ4n) is 2.44. The zero-order valence-electron chi connectivity index (χ0n) is 14.9. The summed E-state index contributed by atoms with van der Waals surface area (Å²) in [6, 6.07) is 16.4. The summed E-state index contributed by atoms with van der Waals surface area (Å²) in [4.78, 5) is 16.7. The molecule has 0 spiro atoms. The van der Waals surface area contributed by atoms with Gasteiger partial charge < -0.3 is 10.1 Å². The van der Waals surface area contributed by atoms with E-state index in [1.807, 2.05) is 30.5 Å². The van der Waals surface area contributed by atoms with Crippen LogP contribution < -0.4 is 10.1 Å². The number of benzene rings is 2. The second-order valence-corrected chi connectivity index (χ2v) is 6.63. The highest BCUT2D eigenvalue weighted by Crippen LogP contribution is 2.23. The molecule has 0 aliphatic rings. The molecule has 0 fully saturated rings. The van der Waals surface area contributed by atoms with E-state index in [0.29, 0.717) is 27.6 Å². The van der Waals surface area contributed by atoms with Crippen LogP contribution in [-0.2, 0) is 0 Å². The number of hydrogen-bond acceptors (Lipinski definition) is 5. The van der Waals surface area contributed by atoms with Crippen LogP contribution in [0.25, 0.3) is 11.6 Å². The minimum atomic E-state index is -0.213. The number of anilines is 1. The molecule has 0 bridgehead atoms. The standard InChI is InChI=1S/C21H17N3O2S/c1-14-13-27-21(23-14)17(12-22)10-15-4-3-5-18(11-15)24-20(25)16-6-8-19(26-2)9-7-16/h3-11,13H,1-2H3,(H,24,25)/b17-10+. The maximum absolute atomic E-state index is 12.4. The van der Waals surface area contributed by atoms with Gasteiger partial charge in [0.15, 0.2) is 0 Å². The molecule has 6 heteroatoms. The number of aryl methyl sites for hydroxylation is 1. The van der Waals surface area contributed by atoms with Gasteiger partial charge in [0.2, 0.25) is 0 Å². The number of nitrogens with one attached hydrogen (secondary N) is 1. The molecule has 2 aromatic carbocycles. The fraction of sp³-hybridized carbons (Fsp3) is 0.0952. The van der Waals surface area contributed by atoms with Crippen molar-refractivity contribution in [3.63, 3.8) is 0 Å². The number of nitriles is 1. The van der Waals surface area contributed by atoms with Crippen molar-refractivity contribution >= 4 is 34.6 Å². The Morgan fingerprint density at radius 3 is 2.67 bits per heavy atom. The Hall–Kier alpha value is -3.43. The monoisotopic (exact) mass is 375 g/mol. The maximum atomic E-state index is 12.4. The van der Waals surface area contributed by atoms with E-state index in [1.54, 1.807) is 43.5 Å². The van der Waals surface area contributed by atoms with Crippen LogP contribution in [0.1, 0.15) is 26.6 Å². The van der Waals surface area contributed by atoms with Crippen LogP contribution in [0, 0.1) is 18.3 Å². The molecule has 1 aromatic heterocycles. The lowest BCUT2D eigenvalue weighted by Crippen LogP contribution is -2.11. The van der Waals surface area contributed by atoms with Gasteiger partial charge in [-0.05, 0) is 55.0 Å². The van der Waals surface area contributed by atoms with Crippen molar-refractivity contribution < 1.29 is 9.53 Å². The number of carbonyl (C=O) groups is 1. The number of aromatic nitrogens is 1. The van der Waals surface area contributed by atoms with Crippen LogP contribution in [0.4, 0.5) is 5.69 Å². The second-order valence-electron chi connectivity index (χ2n) is 5.77. The maximum Gasteiger partial charge on any atom is 0.255 e. The molecule has 3 rings (SSSR count). The molecule has 0 unspecified atom stereocenters. The molecular formula is C21H17N3O2S. The Balaban J connectivity index is 1.79. The van der Waals surface area contributed by atoms with Crippen molar-refractivity contribution in [2.24, 2.45) is 0 Å². The SMILES string of the molecule is COc1ccc(C(=O)Nc2cccc(/C=C(\C#N)c3nc(C)cs3)c2)cc1. The number of hydrogen-bond donors (Lipinski definition) is 1. The molecule has 134 valence electrons. The highest BCUT2D eigenvalue weighted by molar-refractivity contribution is 7.11. The van der Waals surface area contributed by atoms with Gasteiger partial charge in [0.1, 0.15) is 16.8 Å². The van der Waals surface area contributed by atoms with E-state index in [9.17, 15) is 10.1 Å². The predicted octanol–water partition coefficient (Wildman–Crippen LogP) is 4.78. The van der Waals surface area contributed by atoms with Crippen molar-refractivity contribution in [2.75, 3.05) is 12.4 Å². The Kier molecular flexibility index (Phi) is 5.64. The molecule has 3 aromatic rings. The van der Waals surface area contributed by atoms with Crippen LogP contribution in [0.2, 0.25) is 0 Å². The van der Waals surface area contributed by atoms with Crippen LogP contribution >= 0.6 is 11.3 Å². The summed E-state index contributed by atoms with van der Waals surface area (Å²) in [6.07, 6.45) is 1.77. The second kappa shape index (κ2) is 8.30. The van der Waals surface area contributed by atoms with Gasteiger partial charge in [0, 0.05) is 22.3 Å². The lowest BCUT2D eigenvalue weighted by molar-refractivity contribution is 0.102. The Morgan fingerprint density at radius 1 is 1.26 bits per heavy atom. The molecule has 5 nitrogen and oxygen atoms in total. The zero-order chi connectivity index (χ0) is 19.2. The van der Waals surface area contributed by atoms with Crippen LogP contribution in [-0.4, -0.2) is 18.0 Å². The first-order chi connectivity index (χ1) is 13.1. The number of allylic oxidation sites excluding steroid dienone is 1. The molecule has 1 N–H and O–H groups in total. The average Bonchev–Trinajstić information content (AvgIpc) is 3.12. The smallest absolute Gasteiger partial charge is 0.255 e. The number of methoxy groups -OCH3 is 1. The molecule has 0 aliphatic heterocycles. The third-order valence-electron chi connectivity index (χ3n) is 3.78. The number of nitrogens with zero attached hydrogens (tertiary/aromatic N) is 2. The molecule has 1 heterocycles. The van der Waals surface area contributed by atoms with Crippen LogP contribution in [0.5, 0.6) is 5.75 Å². The highest BCUT2D eigenvalue weighted by atomic mass is 32.1. The summed E-state index contributed by atoms with van der Waals surface area (Å²) in [5.74, 6) is 0.481. The van der Waals surface area contributed by atoms with Crippen molar-refractivity contribution in [1.29, 1.82) is 5.26 Å². The summed E-state index contributed by atoms with van der Waals surface area (Å²) < 4.78 is 5.10. The summed E-state index contributed by atoms with van der Waals surface area (Å²) >= 11 is 1.43. The molecular weight excluding hydrogens is 358 g/mol. The third-order valence-corrected chi connectivity index (χ3v) is 4.77. The van der Waals surface area contributed by atoms with Crippen LogP contribution in [0.3, 0.4) is 0 Å². The van der Waals surface area contributed by atoms with E-state index in [1.165, 1.54) is 11.3 Å². The first-order valence-corrected chi connectivity index (χ1v) is 9.07. The van der Waals surface area contributed by atoms with Gasteiger partial charge in [-0.1, -0.05) is 12.1 Å². The first kappa shape index (κ1) is 18.4. The van der Waals surface area contributed by atoms with Gasteiger partial charge in [-0.25, -0.2) is 4.98 Å². The molecule has 0 aliphatic carbocycles. The largest absolute Gasteiger partial charge is 0.497 e. The highest BCUT2D eigenvalue weighted by Gasteiger charge is 2.08. The van der Waals surface area contributed by atoms with Crippen molar-refractivity contribution in [3.8, 4) is 11.8 Å². The van der Waals surface area contributed by atoms with Gasteiger partial charge >= 0.3 is 0 Å². The Bertz CT molecular complexity index is 1030. The van der Waals surface area contributed by atoms with Gasteiger partial charge in [-0.2, -0.15) is 5.26 Å². The Labute approximate surface area is 161 Å². The van der Waals surface area contributed by atoms with E-state index in [4.69, 9.17) is 4.74 Å². The summed E-state index contributed by atoms with van der Waals surface area (Å²) in [7, 11) is 1.58. The zero-order valence-corrected chi connectivity index (χ0v) is 15.7. The van der Waals surface area contributed by atoms with Gasteiger partial charge in [0.25, 0.3) is 5.91 Å². The van der Waals surface area contributed by atoms with E-state index in [-0.39, 0.29) is 5.91 Å². The first-order valence-electron chi connectivity index (χ1n) is 8.19. The minimum Gasteiger partial charge on any atom is -0.497 e. The molecule has 0 atom stereocenters. The number of amides is 1. The number of carbonyl (C=O) groups excluding carboxylic acids is 1. The van der Waals surface area contributed by atoms with Crippen molar-refractivity contribution in [2.45, 2.75) is 6.92 Å². The third kappa shape index (κ3) is 4.60. The average molecular weight is 375 g/mol. The van der Waals surface area contributed by atoms with E-state index in [2.05, 4.69) is 16.4 Å². The Morgan fingerprint density at radius 2 is 2.04 bits per heavy atom. The van der Waals surface area contributed by atoms with Gasteiger partial charge in [-0.15, -0.1) is 11.3 Å². The van der Waals surface area contributed by atoms with E-state index >= 15 is 0 Å². The lowest BCUT2D eigenvalue weighted by atomic mass is 10.1. The minimum absolute atomic E-state index is 0.213. The van der Waals surface area contributed by atoms with Crippen molar-refractivity contribution in [3.05, 3.63) is 75.7 Å². The van der Waals surface area contributed by atoms with Crippen molar-refractivity contribution in [1.82, 2.24) is 4.98 Å². The summed E-state index contributed by atoms with van der Waals surface area (Å²) in [6.45, 7) is 1.89. The van der Waals surface area contributed by atoms with Gasteiger partial charge in [0.05, 0.1) is 12.7 Å². The van der Waals surface area contributed by atoms with E-state index < -0.39 is 0 Å². The molecule has 1 amide bonds. The predicted molar refractivity (Wildman–Crippen MR) is 108 cm³/mol. The number of ether oxygens (including phenoxy) is 1. The normalized spacial score (nSPS) is 10.9.